The van der Waals surface area contributed by atoms with E-state index >= 15 is 0 Å². The molecule has 5 nitrogen and oxygen atoms in total. The summed E-state index contributed by atoms with van der Waals surface area (Å²) >= 11 is 1.35. The summed E-state index contributed by atoms with van der Waals surface area (Å²) < 4.78 is 0. The van der Waals surface area contributed by atoms with Crippen molar-refractivity contribution in [2.75, 3.05) is 6.26 Å². The molecule has 0 amide bonds. The van der Waals surface area contributed by atoms with Gasteiger partial charge in [-0.25, -0.2) is 4.98 Å². The van der Waals surface area contributed by atoms with Gasteiger partial charge in [-0.2, -0.15) is 9.97 Å². The first-order chi connectivity index (χ1) is 7.69. The van der Waals surface area contributed by atoms with E-state index in [4.69, 9.17) is 0 Å². The zero-order valence-electron chi connectivity index (χ0n) is 8.88. The van der Waals surface area contributed by atoms with E-state index in [2.05, 4.69) is 19.9 Å². The van der Waals surface area contributed by atoms with Crippen LogP contribution >= 0.6 is 11.8 Å². The van der Waals surface area contributed by atoms with Crippen molar-refractivity contribution < 1.29 is 5.11 Å². The Labute approximate surface area is 97.0 Å². The van der Waals surface area contributed by atoms with E-state index in [1.54, 1.807) is 6.20 Å². The molecule has 0 aliphatic carbocycles. The Kier molecular flexibility index (Phi) is 3.00. The summed E-state index contributed by atoms with van der Waals surface area (Å²) in [6.07, 6.45) is 3.52. The lowest BCUT2D eigenvalue weighted by Crippen LogP contribution is -1.96. The minimum atomic E-state index is -0.280. The second-order valence-electron chi connectivity index (χ2n) is 3.16. The lowest BCUT2D eigenvalue weighted by molar-refractivity contribution is 0.421. The minimum absolute atomic E-state index is 0.280. The van der Waals surface area contributed by atoms with Crippen molar-refractivity contribution in [3.05, 3.63) is 23.9 Å². The Morgan fingerprint density at radius 1 is 1.25 bits per heavy atom. The van der Waals surface area contributed by atoms with Gasteiger partial charge < -0.3 is 5.11 Å². The van der Waals surface area contributed by atoms with E-state index in [-0.39, 0.29) is 6.01 Å². The van der Waals surface area contributed by atoms with Crippen LogP contribution in [0.15, 0.2) is 23.5 Å². The molecule has 0 aliphatic heterocycles. The summed E-state index contributed by atoms with van der Waals surface area (Å²) in [6, 6.07) is 3.47. The summed E-state index contributed by atoms with van der Waals surface area (Å²) in [7, 11) is 0. The Morgan fingerprint density at radius 2 is 2.06 bits per heavy atom. The van der Waals surface area contributed by atoms with Gasteiger partial charge in [0.2, 0.25) is 0 Å². The predicted molar refractivity (Wildman–Crippen MR) is 61.2 cm³/mol. The molecule has 0 bridgehead atoms. The average molecular weight is 234 g/mol. The zero-order valence-corrected chi connectivity index (χ0v) is 9.69. The Balaban J connectivity index is 2.51. The molecule has 0 aromatic carbocycles. The van der Waals surface area contributed by atoms with Gasteiger partial charge in [-0.1, -0.05) is 11.8 Å². The van der Waals surface area contributed by atoms with Gasteiger partial charge in [0.1, 0.15) is 5.69 Å². The molecule has 0 aliphatic rings. The fourth-order valence-corrected chi connectivity index (χ4v) is 1.56. The number of rotatable bonds is 2. The molecular weight excluding hydrogens is 224 g/mol. The van der Waals surface area contributed by atoms with Crippen molar-refractivity contribution in [1.29, 1.82) is 0 Å². The van der Waals surface area contributed by atoms with Gasteiger partial charge in [0, 0.05) is 6.20 Å². The van der Waals surface area contributed by atoms with Gasteiger partial charge >= 0.3 is 6.01 Å². The van der Waals surface area contributed by atoms with Gasteiger partial charge in [0.15, 0.2) is 11.0 Å². The topological polar surface area (TPSA) is 71.8 Å². The second kappa shape index (κ2) is 4.44. The van der Waals surface area contributed by atoms with Gasteiger partial charge in [0.05, 0.1) is 0 Å². The van der Waals surface area contributed by atoms with Gasteiger partial charge in [-0.15, -0.1) is 0 Å². The van der Waals surface area contributed by atoms with Crippen molar-refractivity contribution in [2.45, 2.75) is 12.1 Å². The molecule has 0 saturated carbocycles. The van der Waals surface area contributed by atoms with E-state index in [9.17, 15) is 5.11 Å². The number of pyridine rings is 1. The quantitative estimate of drug-likeness (QED) is 0.797. The minimum Gasteiger partial charge on any atom is -0.479 e. The molecule has 2 heterocycles. The zero-order chi connectivity index (χ0) is 11.5. The third-order valence-corrected chi connectivity index (χ3v) is 2.48. The predicted octanol–water partition coefficient (Wildman–Crippen LogP) is 1.67. The maximum Gasteiger partial charge on any atom is 0.318 e. The molecular formula is C10H10N4OS. The summed E-state index contributed by atoms with van der Waals surface area (Å²) in [4.78, 5) is 16.0. The smallest absolute Gasteiger partial charge is 0.318 e. The largest absolute Gasteiger partial charge is 0.479 e. The molecule has 2 aromatic rings. The van der Waals surface area contributed by atoms with Crippen LogP contribution in [-0.2, 0) is 0 Å². The number of nitrogens with zero attached hydrogens (tertiary/aromatic N) is 4. The molecule has 0 saturated heterocycles. The van der Waals surface area contributed by atoms with Crippen LogP contribution in [0.3, 0.4) is 0 Å². The van der Waals surface area contributed by atoms with Crippen LogP contribution in [0.4, 0.5) is 0 Å². The number of aryl methyl sites for hydroxylation is 1. The van der Waals surface area contributed by atoms with Crippen LogP contribution in [0, 0.1) is 6.92 Å². The number of aromatic nitrogens is 4. The third-order valence-electron chi connectivity index (χ3n) is 1.93. The van der Waals surface area contributed by atoms with Gasteiger partial charge in [0.25, 0.3) is 0 Å². The van der Waals surface area contributed by atoms with E-state index in [1.165, 1.54) is 11.8 Å². The van der Waals surface area contributed by atoms with Crippen LogP contribution in [0.25, 0.3) is 11.5 Å². The lowest BCUT2D eigenvalue weighted by atomic mass is 10.2. The van der Waals surface area contributed by atoms with Gasteiger partial charge in [-0.3, -0.25) is 4.98 Å². The van der Waals surface area contributed by atoms with Crippen LogP contribution in [0.5, 0.6) is 6.01 Å². The van der Waals surface area contributed by atoms with Crippen molar-refractivity contribution in [2.24, 2.45) is 0 Å². The fraction of sp³-hybridized carbons (Fsp3) is 0.200. The molecule has 0 atom stereocenters. The van der Waals surface area contributed by atoms with Crippen LogP contribution in [0.2, 0.25) is 0 Å². The van der Waals surface area contributed by atoms with E-state index in [0.29, 0.717) is 16.7 Å². The van der Waals surface area contributed by atoms with Crippen LogP contribution in [0.1, 0.15) is 5.56 Å². The molecule has 82 valence electrons. The molecule has 0 fully saturated rings. The Bertz CT molecular complexity index is 518. The van der Waals surface area contributed by atoms with E-state index < -0.39 is 0 Å². The van der Waals surface area contributed by atoms with Crippen molar-refractivity contribution >= 4 is 11.8 Å². The summed E-state index contributed by atoms with van der Waals surface area (Å²) in [5.41, 5.74) is 1.70. The normalized spacial score (nSPS) is 10.4. The van der Waals surface area contributed by atoms with E-state index in [1.807, 2.05) is 25.3 Å². The first-order valence-electron chi connectivity index (χ1n) is 4.61. The fourth-order valence-electron chi connectivity index (χ4n) is 1.21. The maximum absolute atomic E-state index is 9.35. The first kappa shape index (κ1) is 10.8. The van der Waals surface area contributed by atoms with Crippen molar-refractivity contribution in [1.82, 2.24) is 19.9 Å². The highest BCUT2D eigenvalue weighted by Gasteiger charge is 2.08. The highest BCUT2D eigenvalue weighted by molar-refractivity contribution is 7.98. The van der Waals surface area contributed by atoms with Crippen molar-refractivity contribution in [3.8, 4) is 17.5 Å². The number of hydrogen-bond acceptors (Lipinski definition) is 6. The summed E-state index contributed by atoms with van der Waals surface area (Å²) in [5, 5.41) is 9.83. The molecule has 1 N–H and O–H groups in total. The number of aromatic hydroxyl groups is 1. The Hall–Kier alpha value is -1.69. The first-order valence-corrected chi connectivity index (χ1v) is 5.83. The lowest BCUT2D eigenvalue weighted by Gasteiger charge is -2.02. The van der Waals surface area contributed by atoms with Crippen LogP contribution in [-0.4, -0.2) is 31.3 Å². The molecule has 0 spiro atoms. The molecule has 16 heavy (non-hydrogen) atoms. The second-order valence-corrected chi connectivity index (χ2v) is 3.94. The maximum atomic E-state index is 9.35. The highest BCUT2D eigenvalue weighted by Crippen LogP contribution is 2.18. The molecule has 6 heteroatoms. The summed E-state index contributed by atoms with van der Waals surface area (Å²) in [5.74, 6) is 0.389. The Morgan fingerprint density at radius 3 is 2.75 bits per heavy atom. The molecule has 2 aromatic heterocycles. The number of thioether (sulfide) groups is 1. The monoisotopic (exact) mass is 234 g/mol. The average Bonchev–Trinajstić information content (AvgIpc) is 2.28. The third kappa shape index (κ3) is 2.27. The number of hydrogen-bond donors (Lipinski definition) is 1. The molecule has 2 rings (SSSR count). The van der Waals surface area contributed by atoms with Gasteiger partial charge in [-0.05, 0) is 30.9 Å². The standard InChI is InChI=1S/C10H10N4OS/c1-6-3-4-11-7(5-6)8-12-9(15)14-10(13-8)16-2/h3-5H,1-2H3,(H,12,13,14,15). The molecule has 0 radical (unpaired) electrons. The highest BCUT2D eigenvalue weighted by atomic mass is 32.2. The summed E-state index contributed by atoms with van der Waals surface area (Å²) in [6.45, 7) is 1.96. The van der Waals surface area contributed by atoms with Crippen molar-refractivity contribution in [3.63, 3.8) is 0 Å². The van der Waals surface area contributed by atoms with Crippen LogP contribution < -0.4 is 0 Å². The van der Waals surface area contributed by atoms with E-state index in [0.717, 1.165) is 5.56 Å². The molecule has 0 unspecified atom stereocenters. The SMILES string of the molecule is CSc1nc(O)nc(-c2cc(C)ccn2)n1.